The minimum atomic E-state index is -1.11. The molecule has 0 spiro atoms. The Morgan fingerprint density at radius 3 is 2.33 bits per heavy atom. The second-order valence-electron chi connectivity index (χ2n) is 4.83. The molecule has 21 heavy (non-hydrogen) atoms. The number of ether oxygens (including phenoxy) is 2. The van der Waals surface area contributed by atoms with Gasteiger partial charge in [0.15, 0.2) is 0 Å². The van der Waals surface area contributed by atoms with Gasteiger partial charge in [0.2, 0.25) is 0 Å². The average Bonchev–Trinajstić information content (AvgIpc) is 2.95. The molecule has 3 N–H and O–H groups in total. The number of rotatable bonds is 5. The van der Waals surface area contributed by atoms with Crippen LogP contribution in [-0.2, 0) is 4.79 Å². The van der Waals surface area contributed by atoms with Gasteiger partial charge in [0.25, 0.3) is 0 Å². The second-order valence-corrected chi connectivity index (χ2v) is 4.83. The molecule has 1 aromatic rings. The molecule has 2 atom stereocenters. The summed E-state index contributed by atoms with van der Waals surface area (Å²) in [6, 6.07) is 2.72. The normalized spacial score (nSPS) is 21.0. The Bertz CT molecular complexity index is 571. The Balaban J connectivity index is 2.41. The Morgan fingerprint density at radius 1 is 1.19 bits per heavy atom. The van der Waals surface area contributed by atoms with Crippen LogP contribution in [0.15, 0.2) is 12.1 Å². The maximum absolute atomic E-state index is 11.3. The zero-order valence-corrected chi connectivity index (χ0v) is 11.8. The predicted molar refractivity (Wildman–Crippen MR) is 73.0 cm³/mol. The fourth-order valence-corrected chi connectivity index (χ4v) is 2.52. The lowest BCUT2D eigenvalue weighted by Crippen LogP contribution is -2.17. The molecule has 0 bridgehead atoms. The minimum Gasteiger partial charge on any atom is -0.496 e. The maximum Gasteiger partial charge on any atom is 0.339 e. The molecule has 0 amide bonds. The highest BCUT2D eigenvalue weighted by molar-refractivity contribution is 5.91. The molecule has 0 radical (unpaired) electrons. The van der Waals surface area contributed by atoms with Crippen LogP contribution in [0.2, 0.25) is 0 Å². The number of aromatic carboxylic acids is 1. The van der Waals surface area contributed by atoms with E-state index in [4.69, 9.17) is 14.6 Å². The third kappa shape index (κ3) is 2.92. The average molecular weight is 295 g/mol. The van der Waals surface area contributed by atoms with Crippen molar-refractivity contribution in [2.24, 2.45) is 5.92 Å². The molecule has 0 saturated carbocycles. The minimum absolute atomic E-state index is 0.0221. The van der Waals surface area contributed by atoms with Crippen molar-refractivity contribution >= 4 is 11.9 Å². The summed E-state index contributed by atoms with van der Waals surface area (Å²) in [5.41, 5.74) is 0.647. The number of carboxylic acid groups (broad SMARTS) is 2. The molecule has 2 unspecified atom stereocenters. The van der Waals surface area contributed by atoms with Gasteiger partial charge in [-0.3, -0.25) is 4.79 Å². The standard InChI is InChI=1S/C14H17NO6/c1-20-11-5-12(21-2)9(14(18)19)4-8(11)10-3-7(6-15-10)13(16)17/h4-5,7,10,15H,3,6H2,1-2H3,(H,16,17)(H,18,19). The quantitative estimate of drug-likeness (QED) is 0.748. The van der Waals surface area contributed by atoms with Gasteiger partial charge in [-0.2, -0.15) is 0 Å². The van der Waals surface area contributed by atoms with Crippen molar-refractivity contribution in [3.63, 3.8) is 0 Å². The van der Waals surface area contributed by atoms with Crippen LogP contribution in [0.3, 0.4) is 0 Å². The van der Waals surface area contributed by atoms with Crippen molar-refractivity contribution in [2.75, 3.05) is 20.8 Å². The monoisotopic (exact) mass is 295 g/mol. The third-order valence-corrected chi connectivity index (χ3v) is 3.64. The number of nitrogens with one attached hydrogen (secondary N) is 1. The molecule has 1 aliphatic heterocycles. The smallest absolute Gasteiger partial charge is 0.339 e. The van der Waals surface area contributed by atoms with Crippen LogP contribution >= 0.6 is 0 Å². The van der Waals surface area contributed by atoms with Gasteiger partial charge >= 0.3 is 11.9 Å². The molecule has 0 aromatic heterocycles. The van der Waals surface area contributed by atoms with Crippen molar-refractivity contribution in [1.29, 1.82) is 0 Å². The Morgan fingerprint density at radius 2 is 1.86 bits per heavy atom. The summed E-state index contributed by atoms with van der Waals surface area (Å²) in [5.74, 6) is -1.79. The Hall–Kier alpha value is -2.28. The van der Waals surface area contributed by atoms with E-state index in [0.29, 0.717) is 24.3 Å². The maximum atomic E-state index is 11.3. The lowest BCUT2D eigenvalue weighted by Gasteiger charge is -2.17. The van der Waals surface area contributed by atoms with Crippen LogP contribution < -0.4 is 14.8 Å². The Kier molecular flexibility index (Phi) is 4.32. The largest absolute Gasteiger partial charge is 0.496 e. The van der Waals surface area contributed by atoms with Crippen LogP contribution in [0.1, 0.15) is 28.4 Å². The van der Waals surface area contributed by atoms with E-state index in [2.05, 4.69) is 5.32 Å². The first kappa shape index (κ1) is 15.1. The predicted octanol–water partition coefficient (Wildman–Crippen LogP) is 1.14. The number of hydrogen-bond acceptors (Lipinski definition) is 5. The summed E-state index contributed by atoms with van der Waals surface area (Å²) >= 11 is 0. The zero-order chi connectivity index (χ0) is 15.6. The summed E-state index contributed by atoms with van der Waals surface area (Å²) in [6.45, 7) is 0.345. The molecule has 1 saturated heterocycles. The van der Waals surface area contributed by atoms with Crippen LogP contribution in [0.5, 0.6) is 11.5 Å². The topological polar surface area (TPSA) is 105 Å². The molecule has 1 heterocycles. The first-order chi connectivity index (χ1) is 9.97. The molecule has 1 fully saturated rings. The molecule has 7 heteroatoms. The summed E-state index contributed by atoms with van der Waals surface area (Å²) < 4.78 is 10.3. The zero-order valence-electron chi connectivity index (χ0n) is 11.8. The summed E-state index contributed by atoms with van der Waals surface area (Å²) in [7, 11) is 2.86. The van der Waals surface area contributed by atoms with E-state index in [9.17, 15) is 14.7 Å². The van der Waals surface area contributed by atoms with Gasteiger partial charge in [-0.15, -0.1) is 0 Å². The van der Waals surface area contributed by atoms with Crippen LogP contribution in [-0.4, -0.2) is 42.9 Å². The van der Waals surface area contributed by atoms with Crippen molar-refractivity contribution in [2.45, 2.75) is 12.5 Å². The number of aliphatic carboxylic acids is 1. The first-order valence-corrected chi connectivity index (χ1v) is 6.43. The van der Waals surface area contributed by atoms with Gasteiger partial charge in [-0.25, -0.2) is 4.79 Å². The van der Waals surface area contributed by atoms with Gasteiger partial charge in [0, 0.05) is 24.2 Å². The number of hydrogen-bond donors (Lipinski definition) is 3. The summed E-state index contributed by atoms with van der Waals surface area (Å²) in [5, 5.41) is 21.4. The fourth-order valence-electron chi connectivity index (χ4n) is 2.52. The highest BCUT2D eigenvalue weighted by Gasteiger charge is 2.32. The van der Waals surface area contributed by atoms with Crippen molar-refractivity contribution in [3.8, 4) is 11.5 Å². The van der Waals surface area contributed by atoms with E-state index >= 15 is 0 Å². The van der Waals surface area contributed by atoms with E-state index in [1.165, 1.54) is 26.4 Å². The number of methoxy groups -OCH3 is 2. The number of benzene rings is 1. The molecule has 1 aromatic carbocycles. The molecular weight excluding hydrogens is 278 g/mol. The third-order valence-electron chi connectivity index (χ3n) is 3.64. The van der Waals surface area contributed by atoms with Gasteiger partial charge < -0.3 is 25.0 Å². The van der Waals surface area contributed by atoms with E-state index in [1.54, 1.807) is 0 Å². The van der Waals surface area contributed by atoms with Crippen molar-refractivity contribution < 1.29 is 29.3 Å². The molecule has 7 nitrogen and oxygen atoms in total. The highest BCUT2D eigenvalue weighted by Crippen LogP contribution is 2.37. The molecular formula is C14H17NO6. The SMILES string of the molecule is COc1cc(OC)c(C2CC(C(=O)O)CN2)cc1C(=O)O. The fraction of sp³-hybridized carbons (Fsp3) is 0.429. The van der Waals surface area contributed by atoms with E-state index in [1.807, 2.05) is 0 Å². The Labute approximate surface area is 121 Å². The lowest BCUT2D eigenvalue weighted by molar-refractivity contribution is -0.141. The lowest BCUT2D eigenvalue weighted by atomic mass is 9.97. The first-order valence-electron chi connectivity index (χ1n) is 6.43. The highest BCUT2D eigenvalue weighted by atomic mass is 16.5. The van der Waals surface area contributed by atoms with Crippen LogP contribution in [0.4, 0.5) is 0 Å². The van der Waals surface area contributed by atoms with Gasteiger partial charge in [0.1, 0.15) is 17.1 Å². The van der Waals surface area contributed by atoms with Gasteiger partial charge in [0.05, 0.1) is 20.1 Å². The molecule has 2 rings (SSSR count). The van der Waals surface area contributed by atoms with E-state index in [0.717, 1.165) is 0 Å². The van der Waals surface area contributed by atoms with Gasteiger partial charge in [-0.1, -0.05) is 0 Å². The summed E-state index contributed by atoms with van der Waals surface area (Å²) in [6.07, 6.45) is 0.386. The van der Waals surface area contributed by atoms with Crippen LogP contribution in [0.25, 0.3) is 0 Å². The van der Waals surface area contributed by atoms with E-state index < -0.39 is 17.9 Å². The summed E-state index contributed by atoms with van der Waals surface area (Å²) in [4.78, 5) is 22.3. The van der Waals surface area contributed by atoms with E-state index in [-0.39, 0.29) is 17.4 Å². The van der Waals surface area contributed by atoms with Crippen molar-refractivity contribution in [1.82, 2.24) is 5.32 Å². The van der Waals surface area contributed by atoms with Crippen molar-refractivity contribution in [3.05, 3.63) is 23.3 Å². The molecule has 0 aliphatic carbocycles. The van der Waals surface area contributed by atoms with Crippen LogP contribution in [0, 0.1) is 5.92 Å². The number of carbonyl (C=O) groups is 2. The van der Waals surface area contributed by atoms with Gasteiger partial charge in [-0.05, 0) is 12.5 Å². The number of carboxylic acids is 2. The second kappa shape index (κ2) is 6.01. The molecule has 114 valence electrons. The molecule has 1 aliphatic rings.